The molecule has 0 amide bonds. The molecule has 0 aromatic heterocycles. The van der Waals surface area contributed by atoms with Crippen LogP contribution in [-0.2, 0) is 40.3 Å². The monoisotopic (exact) mass is 427 g/mol. The standard InChI is InChI=1S/C20H26FNO6S/c1-18(2,29(22)26)11-20(5,12-8-6-7-9-13(12)21)10-14(23)15-16(24)27-19(3,4)28-17(15)25/h6-9,15H,10-11,22H2,1-5H3/t20-,29?/m0/s1. The number of nitrogens with two attached hydrogens (primary N) is 1. The van der Waals surface area contributed by atoms with Gasteiger partial charge in [-0.1, -0.05) is 25.1 Å². The van der Waals surface area contributed by atoms with Gasteiger partial charge in [0.05, 0.1) is 15.7 Å². The number of hydrogen-bond acceptors (Lipinski definition) is 6. The van der Waals surface area contributed by atoms with Crippen molar-refractivity contribution in [3.63, 3.8) is 0 Å². The van der Waals surface area contributed by atoms with Gasteiger partial charge in [0.2, 0.25) is 5.92 Å². The number of benzene rings is 1. The van der Waals surface area contributed by atoms with Gasteiger partial charge in [0.25, 0.3) is 5.79 Å². The number of carbonyl (C=O) groups is 3. The smallest absolute Gasteiger partial charge is 0.331 e. The normalized spacial score (nSPS) is 20.4. The fraction of sp³-hybridized carbons (Fsp3) is 0.550. The van der Waals surface area contributed by atoms with E-state index in [-0.39, 0.29) is 18.4 Å². The second-order valence-corrected chi connectivity index (χ2v) is 10.3. The first-order chi connectivity index (χ1) is 13.2. The second-order valence-electron chi connectivity index (χ2n) is 8.59. The van der Waals surface area contributed by atoms with Gasteiger partial charge in [0.15, 0.2) is 5.78 Å². The number of ketones is 1. The van der Waals surface area contributed by atoms with E-state index in [1.165, 1.54) is 32.0 Å². The third-order valence-corrected chi connectivity index (χ3v) is 6.17. The molecular formula is C20H26FNO6S. The van der Waals surface area contributed by atoms with Gasteiger partial charge in [-0.25, -0.2) is 8.60 Å². The molecule has 1 saturated heterocycles. The van der Waals surface area contributed by atoms with Crippen molar-refractivity contribution in [2.75, 3.05) is 0 Å². The predicted octanol–water partition coefficient (Wildman–Crippen LogP) is 2.29. The molecule has 2 N–H and O–H groups in total. The number of esters is 2. The molecule has 1 aromatic rings. The van der Waals surface area contributed by atoms with Crippen LogP contribution in [0.15, 0.2) is 24.3 Å². The van der Waals surface area contributed by atoms with Gasteiger partial charge < -0.3 is 9.47 Å². The number of halogens is 1. The lowest BCUT2D eigenvalue weighted by Gasteiger charge is -2.38. The molecule has 0 bridgehead atoms. The molecular weight excluding hydrogens is 401 g/mol. The lowest BCUT2D eigenvalue weighted by molar-refractivity contribution is -0.238. The van der Waals surface area contributed by atoms with Crippen molar-refractivity contribution in [3.05, 3.63) is 35.6 Å². The molecule has 1 aromatic carbocycles. The Labute approximate surface area is 171 Å². The van der Waals surface area contributed by atoms with Gasteiger partial charge in [0, 0.05) is 25.7 Å². The van der Waals surface area contributed by atoms with Crippen molar-refractivity contribution in [2.45, 2.75) is 63.4 Å². The van der Waals surface area contributed by atoms with Gasteiger partial charge in [-0.05, 0) is 31.9 Å². The minimum Gasteiger partial charge on any atom is -0.422 e. The highest BCUT2D eigenvalue weighted by molar-refractivity contribution is 7.84. The van der Waals surface area contributed by atoms with Crippen molar-refractivity contribution in [3.8, 4) is 0 Å². The van der Waals surface area contributed by atoms with E-state index in [4.69, 9.17) is 14.6 Å². The zero-order valence-corrected chi connectivity index (χ0v) is 17.9. The third-order valence-electron chi connectivity index (χ3n) is 4.94. The largest absolute Gasteiger partial charge is 0.422 e. The summed E-state index contributed by atoms with van der Waals surface area (Å²) in [5, 5.41) is 5.59. The molecule has 0 saturated carbocycles. The van der Waals surface area contributed by atoms with Gasteiger partial charge in [0.1, 0.15) is 5.82 Å². The van der Waals surface area contributed by atoms with E-state index >= 15 is 0 Å². The Balaban J connectivity index is 2.42. The fourth-order valence-electron chi connectivity index (χ4n) is 3.68. The molecule has 1 fully saturated rings. The molecule has 9 heteroatoms. The highest BCUT2D eigenvalue weighted by Crippen LogP contribution is 2.40. The minimum atomic E-state index is -1.76. The molecule has 29 heavy (non-hydrogen) atoms. The fourth-order valence-corrected chi connectivity index (χ4v) is 4.14. The highest BCUT2D eigenvalue weighted by Gasteiger charge is 2.49. The van der Waals surface area contributed by atoms with Crippen LogP contribution < -0.4 is 5.14 Å². The maximum atomic E-state index is 14.6. The van der Waals surface area contributed by atoms with Crippen molar-refractivity contribution < 1.29 is 32.5 Å². The van der Waals surface area contributed by atoms with E-state index in [1.807, 2.05) is 0 Å². The van der Waals surface area contributed by atoms with Crippen LogP contribution in [0.25, 0.3) is 0 Å². The maximum absolute atomic E-state index is 14.6. The Bertz CT molecular complexity index is 848. The summed E-state index contributed by atoms with van der Waals surface area (Å²) >= 11 is 0. The first-order valence-corrected chi connectivity index (χ1v) is 10.3. The molecule has 2 atom stereocenters. The lowest BCUT2D eigenvalue weighted by Crippen LogP contribution is -2.50. The molecule has 1 aliphatic heterocycles. The minimum absolute atomic E-state index is 0.0676. The number of rotatable bonds is 7. The summed E-state index contributed by atoms with van der Waals surface area (Å²) in [5.74, 6) is -6.54. The number of hydrogen-bond donors (Lipinski definition) is 1. The van der Waals surface area contributed by atoms with Gasteiger partial charge in [-0.3, -0.25) is 19.5 Å². The van der Waals surface area contributed by atoms with E-state index in [0.29, 0.717) is 0 Å². The van der Waals surface area contributed by atoms with E-state index in [0.717, 1.165) is 0 Å². The Kier molecular flexibility index (Phi) is 6.34. The predicted molar refractivity (Wildman–Crippen MR) is 104 cm³/mol. The van der Waals surface area contributed by atoms with Gasteiger partial charge in [-0.15, -0.1) is 0 Å². The average Bonchev–Trinajstić information content (AvgIpc) is 2.52. The zero-order valence-electron chi connectivity index (χ0n) is 17.1. The Morgan fingerprint density at radius 1 is 1.17 bits per heavy atom. The first kappa shape index (κ1) is 23.2. The average molecular weight is 427 g/mol. The van der Waals surface area contributed by atoms with Crippen LogP contribution >= 0.6 is 0 Å². The maximum Gasteiger partial charge on any atom is 0.331 e. The molecule has 7 nitrogen and oxygen atoms in total. The van der Waals surface area contributed by atoms with Crippen LogP contribution in [0.3, 0.4) is 0 Å². The molecule has 0 aliphatic carbocycles. The molecule has 1 unspecified atom stereocenters. The summed E-state index contributed by atoms with van der Waals surface area (Å²) in [5.41, 5.74) is -0.987. The quantitative estimate of drug-likeness (QED) is 0.528. The van der Waals surface area contributed by atoms with Gasteiger partial charge in [-0.2, -0.15) is 0 Å². The Morgan fingerprint density at radius 2 is 1.69 bits per heavy atom. The lowest BCUT2D eigenvalue weighted by atomic mass is 9.71. The zero-order chi connectivity index (χ0) is 22.2. The van der Waals surface area contributed by atoms with E-state index < -0.39 is 56.4 Å². The Morgan fingerprint density at radius 3 is 2.17 bits per heavy atom. The van der Waals surface area contributed by atoms with E-state index in [1.54, 1.807) is 26.8 Å². The highest BCUT2D eigenvalue weighted by atomic mass is 32.2. The summed E-state index contributed by atoms with van der Waals surface area (Å²) in [6.45, 7) is 7.65. The number of carbonyl (C=O) groups excluding carboxylic acids is 3. The van der Waals surface area contributed by atoms with Gasteiger partial charge >= 0.3 is 11.9 Å². The van der Waals surface area contributed by atoms with Crippen molar-refractivity contribution in [2.24, 2.45) is 11.1 Å². The SMILES string of the molecule is CC1(C)OC(=O)C(C(=O)C[C@@](C)(CC(C)(C)S(N)=O)c2ccccc2F)C(=O)O1. The second kappa shape index (κ2) is 7.95. The molecule has 160 valence electrons. The van der Waals surface area contributed by atoms with Crippen LogP contribution in [0.1, 0.15) is 53.0 Å². The molecule has 0 radical (unpaired) electrons. The van der Waals surface area contributed by atoms with E-state index in [2.05, 4.69) is 0 Å². The molecule has 0 spiro atoms. The topological polar surface area (TPSA) is 113 Å². The summed E-state index contributed by atoms with van der Waals surface area (Å²) < 4.78 is 35.7. The van der Waals surface area contributed by atoms with Crippen molar-refractivity contribution in [1.29, 1.82) is 0 Å². The summed E-state index contributed by atoms with van der Waals surface area (Å²) in [7, 11) is -1.76. The number of Topliss-reactive ketones (excluding diaryl/α,β-unsaturated/α-hetero) is 1. The third kappa shape index (κ3) is 5.08. The summed E-state index contributed by atoms with van der Waals surface area (Å²) in [4.78, 5) is 37.5. The summed E-state index contributed by atoms with van der Waals surface area (Å²) in [6, 6.07) is 5.87. The van der Waals surface area contributed by atoms with E-state index in [9.17, 15) is 23.0 Å². The number of ether oxygens (including phenoxy) is 2. The van der Waals surface area contributed by atoms with Crippen LogP contribution in [-0.4, -0.2) is 32.5 Å². The molecule has 2 rings (SSSR count). The first-order valence-electron chi connectivity index (χ1n) is 9.08. The van der Waals surface area contributed by atoms with Crippen LogP contribution in [0.5, 0.6) is 0 Å². The van der Waals surface area contributed by atoms with Crippen molar-refractivity contribution in [1.82, 2.24) is 0 Å². The Hall–Kier alpha value is -2.13. The van der Waals surface area contributed by atoms with Crippen molar-refractivity contribution >= 4 is 28.7 Å². The molecule has 1 heterocycles. The number of cyclic esters (lactones) is 2. The van der Waals surface area contributed by atoms with Crippen LogP contribution in [0, 0.1) is 11.7 Å². The van der Waals surface area contributed by atoms with Crippen LogP contribution in [0.2, 0.25) is 0 Å². The molecule has 1 aliphatic rings. The summed E-state index contributed by atoms with van der Waals surface area (Å²) in [6.07, 6.45) is -0.304. The van der Waals surface area contributed by atoms with Crippen LogP contribution in [0.4, 0.5) is 4.39 Å².